The quantitative estimate of drug-likeness (QED) is 0.791. The second kappa shape index (κ2) is 6.42. The van der Waals surface area contributed by atoms with Crippen LogP contribution in [-0.4, -0.2) is 22.3 Å². The first-order valence-corrected chi connectivity index (χ1v) is 8.66. The van der Waals surface area contributed by atoms with Crippen molar-refractivity contribution in [1.29, 1.82) is 0 Å². The summed E-state index contributed by atoms with van der Waals surface area (Å²) in [6, 6.07) is 8.64. The number of aromatic nitrogens is 1. The minimum atomic E-state index is -0.134. The number of carbonyl (C=O) groups excluding carboxylic acids is 1. The predicted octanol–water partition coefficient (Wildman–Crippen LogP) is 3.57. The molecule has 0 aliphatic carbocycles. The monoisotopic (exact) mass is 348 g/mol. The van der Waals surface area contributed by atoms with Crippen molar-refractivity contribution in [3.63, 3.8) is 0 Å². The van der Waals surface area contributed by atoms with Crippen molar-refractivity contribution in [2.45, 2.75) is 23.5 Å². The number of aryl methyl sites for hydroxylation is 1. The van der Waals surface area contributed by atoms with Crippen LogP contribution in [0.4, 0.5) is 5.69 Å². The lowest BCUT2D eigenvalue weighted by Gasteiger charge is -2.23. The van der Waals surface area contributed by atoms with Gasteiger partial charge in [0, 0.05) is 41.0 Å². The van der Waals surface area contributed by atoms with Crippen molar-refractivity contribution >= 4 is 35.0 Å². The van der Waals surface area contributed by atoms with Crippen LogP contribution in [0, 0.1) is 0 Å². The van der Waals surface area contributed by atoms with E-state index in [2.05, 4.69) is 6.92 Å². The summed E-state index contributed by atoms with van der Waals surface area (Å²) in [6.45, 7) is 2.78. The molecule has 1 atom stereocenters. The Kier molecular flexibility index (Phi) is 4.50. The summed E-state index contributed by atoms with van der Waals surface area (Å²) in [5.74, 6) is -0.112. The molecule has 1 aromatic carbocycles. The van der Waals surface area contributed by atoms with Crippen molar-refractivity contribution in [1.82, 2.24) is 4.57 Å². The first kappa shape index (κ1) is 16.1. The number of carbonyl (C=O) groups is 1. The van der Waals surface area contributed by atoms with Gasteiger partial charge in [-0.1, -0.05) is 18.5 Å². The van der Waals surface area contributed by atoms with Crippen LogP contribution in [0.15, 0.2) is 46.2 Å². The molecular weight excluding hydrogens is 332 g/mol. The van der Waals surface area contributed by atoms with Crippen molar-refractivity contribution in [2.24, 2.45) is 7.05 Å². The highest BCUT2D eigenvalue weighted by Crippen LogP contribution is 2.39. The minimum Gasteiger partial charge on any atom is -0.318 e. The number of rotatable bonds is 1. The van der Waals surface area contributed by atoms with Gasteiger partial charge in [0.2, 0.25) is 5.56 Å². The molecule has 0 spiro atoms. The van der Waals surface area contributed by atoms with Gasteiger partial charge < -0.3 is 9.47 Å². The van der Waals surface area contributed by atoms with E-state index in [0.717, 1.165) is 17.0 Å². The van der Waals surface area contributed by atoms with Gasteiger partial charge in [-0.15, -0.1) is 11.8 Å². The lowest BCUT2D eigenvalue weighted by Crippen LogP contribution is -2.33. The third-order valence-corrected chi connectivity index (χ3v) is 5.35. The van der Waals surface area contributed by atoms with Gasteiger partial charge >= 0.3 is 0 Å². The Morgan fingerprint density at radius 2 is 2.09 bits per heavy atom. The average molecular weight is 349 g/mol. The van der Waals surface area contributed by atoms with Crippen LogP contribution in [-0.2, 0) is 7.05 Å². The zero-order chi connectivity index (χ0) is 16.6. The molecule has 0 unspecified atom stereocenters. The van der Waals surface area contributed by atoms with E-state index in [4.69, 9.17) is 11.6 Å². The maximum absolute atomic E-state index is 13.0. The lowest BCUT2D eigenvalue weighted by atomic mass is 10.2. The Labute approximate surface area is 144 Å². The van der Waals surface area contributed by atoms with Gasteiger partial charge in [-0.25, -0.2) is 0 Å². The number of hydrogen-bond acceptors (Lipinski definition) is 3. The summed E-state index contributed by atoms with van der Waals surface area (Å²) in [7, 11) is 1.64. The Morgan fingerprint density at radius 1 is 1.30 bits per heavy atom. The van der Waals surface area contributed by atoms with Crippen LogP contribution in [0.2, 0.25) is 5.02 Å². The lowest BCUT2D eigenvalue weighted by molar-refractivity contribution is 0.0985. The van der Waals surface area contributed by atoms with Crippen molar-refractivity contribution < 1.29 is 4.79 Å². The second-order valence-corrected chi connectivity index (χ2v) is 7.57. The van der Waals surface area contributed by atoms with Crippen LogP contribution in [0.5, 0.6) is 0 Å². The van der Waals surface area contributed by atoms with E-state index in [1.54, 1.807) is 36.0 Å². The van der Waals surface area contributed by atoms with Gasteiger partial charge in [0.1, 0.15) is 0 Å². The molecule has 0 saturated heterocycles. The normalized spacial score (nSPS) is 17.5. The minimum absolute atomic E-state index is 0.112. The Balaban J connectivity index is 2.04. The number of hydrogen-bond donors (Lipinski definition) is 0. The first-order valence-electron chi connectivity index (χ1n) is 7.40. The molecule has 0 fully saturated rings. The zero-order valence-electron chi connectivity index (χ0n) is 13.0. The molecule has 1 aliphatic rings. The molecule has 2 aromatic rings. The average Bonchev–Trinajstić information content (AvgIpc) is 2.67. The van der Waals surface area contributed by atoms with E-state index >= 15 is 0 Å². The van der Waals surface area contributed by atoms with E-state index < -0.39 is 0 Å². The van der Waals surface area contributed by atoms with Gasteiger partial charge in [0.05, 0.1) is 11.3 Å². The van der Waals surface area contributed by atoms with Crippen LogP contribution >= 0.6 is 23.4 Å². The summed E-state index contributed by atoms with van der Waals surface area (Å²) < 4.78 is 1.42. The molecule has 1 aromatic heterocycles. The van der Waals surface area contributed by atoms with E-state index in [0.29, 0.717) is 22.4 Å². The van der Waals surface area contributed by atoms with Gasteiger partial charge in [0.25, 0.3) is 5.91 Å². The molecule has 0 bridgehead atoms. The highest BCUT2D eigenvalue weighted by molar-refractivity contribution is 8.00. The third kappa shape index (κ3) is 3.31. The summed E-state index contributed by atoms with van der Waals surface area (Å²) in [5, 5.41) is 1.03. The van der Waals surface area contributed by atoms with Gasteiger partial charge in [-0.05, 0) is 30.7 Å². The van der Waals surface area contributed by atoms with Gasteiger partial charge in [-0.2, -0.15) is 0 Å². The molecule has 6 heteroatoms. The summed E-state index contributed by atoms with van der Waals surface area (Å²) in [6.07, 6.45) is 2.48. The first-order chi connectivity index (χ1) is 11.0. The molecule has 120 valence electrons. The van der Waals surface area contributed by atoms with E-state index in [1.165, 1.54) is 10.6 Å². The standard InChI is InChI=1S/C17H17ClN2O2S/c1-11-7-8-20(14-9-13(18)4-5-15(14)23-11)17(22)12-3-6-16(21)19(2)10-12/h3-6,9-11H,7-8H2,1-2H3/t11-/m1/s1. The van der Waals surface area contributed by atoms with Crippen molar-refractivity contribution in [3.8, 4) is 0 Å². The number of nitrogens with zero attached hydrogens (tertiary/aromatic N) is 2. The Hall–Kier alpha value is -1.72. The molecule has 23 heavy (non-hydrogen) atoms. The van der Waals surface area contributed by atoms with Crippen molar-refractivity contribution in [2.75, 3.05) is 11.4 Å². The smallest absolute Gasteiger partial charge is 0.259 e. The highest BCUT2D eigenvalue weighted by atomic mass is 35.5. The molecule has 2 heterocycles. The molecule has 1 aliphatic heterocycles. The fourth-order valence-corrected chi connectivity index (χ4v) is 3.85. The van der Waals surface area contributed by atoms with Crippen LogP contribution in [0.3, 0.4) is 0 Å². The number of pyridine rings is 1. The van der Waals surface area contributed by atoms with Crippen LogP contribution in [0.25, 0.3) is 0 Å². The zero-order valence-corrected chi connectivity index (χ0v) is 14.5. The molecule has 0 N–H and O–H groups in total. The highest BCUT2D eigenvalue weighted by Gasteiger charge is 2.25. The number of thioether (sulfide) groups is 1. The fourth-order valence-electron chi connectivity index (χ4n) is 2.60. The summed E-state index contributed by atoms with van der Waals surface area (Å²) in [4.78, 5) is 27.3. The van der Waals surface area contributed by atoms with Gasteiger partial charge in [-0.3, -0.25) is 9.59 Å². The number of halogens is 1. The third-order valence-electron chi connectivity index (χ3n) is 3.88. The molecule has 3 rings (SSSR count). The van der Waals surface area contributed by atoms with E-state index in [-0.39, 0.29) is 11.5 Å². The van der Waals surface area contributed by atoms with Crippen LogP contribution < -0.4 is 10.5 Å². The Morgan fingerprint density at radius 3 is 2.83 bits per heavy atom. The van der Waals surface area contributed by atoms with E-state index in [1.807, 2.05) is 18.2 Å². The number of amides is 1. The summed E-state index contributed by atoms with van der Waals surface area (Å²) >= 11 is 7.89. The summed E-state index contributed by atoms with van der Waals surface area (Å²) in [5.41, 5.74) is 1.20. The molecule has 4 nitrogen and oxygen atoms in total. The number of anilines is 1. The molecule has 0 saturated carbocycles. The predicted molar refractivity (Wildman–Crippen MR) is 94.7 cm³/mol. The largest absolute Gasteiger partial charge is 0.318 e. The van der Waals surface area contributed by atoms with Crippen LogP contribution in [0.1, 0.15) is 23.7 Å². The van der Waals surface area contributed by atoms with E-state index in [9.17, 15) is 9.59 Å². The Bertz CT molecular complexity index is 818. The SMILES string of the molecule is C[C@@H]1CCN(C(=O)c2ccc(=O)n(C)c2)c2cc(Cl)ccc2S1. The fraction of sp³-hybridized carbons (Fsp3) is 0.294. The number of fused-ring (bicyclic) bond motifs is 1. The maximum atomic E-state index is 13.0. The van der Waals surface area contributed by atoms with Gasteiger partial charge in [0.15, 0.2) is 0 Å². The second-order valence-electron chi connectivity index (χ2n) is 5.65. The topological polar surface area (TPSA) is 42.3 Å². The molecule has 0 radical (unpaired) electrons. The molecular formula is C17H17ClN2O2S. The number of benzene rings is 1. The molecule has 1 amide bonds. The maximum Gasteiger partial charge on any atom is 0.259 e. The van der Waals surface area contributed by atoms with Crippen molar-refractivity contribution in [3.05, 3.63) is 57.5 Å².